The first-order valence-electron chi connectivity index (χ1n) is 50.9. The van der Waals surface area contributed by atoms with Crippen molar-refractivity contribution in [1.29, 1.82) is 0 Å². The predicted octanol–water partition coefficient (Wildman–Crippen LogP) is 5.98. The average molecular weight is 2020 g/mol. The number of nitrogens with one attached hydrogen (secondary N) is 4. The minimum Gasteiger partial charge on any atom is -0.381 e. The number of carbonyl (C=O) groups excluding carboxylic acids is 4. The van der Waals surface area contributed by atoms with E-state index in [9.17, 15) is 36.0 Å². The summed E-state index contributed by atoms with van der Waals surface area (Å²) in [6.45, 7) is 21.4. The van der Waals surface area contributed by atoms with Gasteiger partial charge in [0.05, 0.1) is 97.8 Å². The Morgan fingerprint density at radius 2 is 0.697 bits per heavy atom. The summed E-state index contributed by atoms with van der Waals surface area (Å²) in [5.41, 5.74) is 8.77. The topological polar surface area (TPSA) is 440 Å². The van der Waals surface area contributed by atoms with Crippen LogP contribution in [0.2, 0.25) is 0 Å². The second-order valence-electron chi connectivity index (χ2n) is 39.7. The minimum absolute atomic E-state index is 0.00911. The Morgan fingerprint density at radius 3 is 1.03 bits per heavy atom. The minimum atomic E-state index is -1.08. The van der Waals surface area contributed by atoms with Crippen molar-refractivity contribution < 1.29 is 55.0 Å². The van der Waals surface area contributed by atoms with Gasteiger partial charge in [0.25, 0.3) is 17.7 Å². The van der Waals surface area contributed by atoms with Crippen LogP contribution in [0.3, 0.4) is 0 Å². The largest absolute Gasteiger partial charge is 0.381 e. The van der Waals surface area contributed by atoms with Gasteiger partial charge in [0.1, 0.15) is 88.9 Å². The van der Waals surface area contributed by atoms with Crippen LogP contribution in [0.1, 0.15) is 208 Å². The molecule has 0 spiro atoms. The summed E-state index contributed by atoms with van der Waals surface area (Å²) in [7, 11) is 3.54. The molecule has 14 aliphatic heterocycles. The summed E-state index contributed by atoms with van der Waals surface area (Å²) < 4.78 is 82.9. The quantitative estimate of drug-likeness (QED) is 0.0600. The highest BCUT2D eigenvalue weighted by Crippen LogP contribution is 2.40. The van der Waals surface area contributed by atoms with Gasteiger partial charge in [-0.1, -0.05) is 0 Å². The number of piperidine rings is 2. The van der Waals surface area contributed by atoms with E-state index < -0.39 is 43.2 Å². The molecule has 7 fully saturated rings. The van der Waals surface area contributed by atoms with E-state index >= 15 is 0 Å². The van der Waals surface area contributed by atoms with E-state index in [0.29, 0.717) is 183 Å². The molecule has 9 aromatic heterocycles. The Bertz CT molecular complexity index is 6300. The molecule has 42 nitrogen and oxygen atoms in total. The van der Waals surface area contributed by atoms with Crippen LogP contribution in [0.5, 0.6) is 0 Å². The van der Waals surface area contributed by atoms with Crippen LogP contribution in [0.15, 0.2) is 44.4 Å². The van der Waals surface area contributed by atoms with Gasteiger partial charge in [0.2, 0.25) is 23.8 Å². The fourth-order valence-corrected chi connectivity index (χ4v) is 26.6. The molecule has 23 heterocycles. The third kappa shape index (κ3) is 21.4. The molecule has 9 aromatic rings. The van der Waals surface area contributed by atoms with Crippen LogP contribution in [-0.2, 0) is 154 Å². The number of ketones is 1. The maximum absolute atomic E-state index is 13.2. The average Bonchev–Trinajstić information content (AvgIpc) is 1.65. The number of aryl methyl sites for hydroxylation is 6. The van der Waals surface area contributed by atoms with Crippen molar-refractivity contribution in [2.45, 2.75) is 257 Å². The maximum Gasteiger partial charge on any atom is 0.274 e. The number of Topliss-reactive ketones (excluding diaryl/α,β-unsaturated/α-hetero) is 1. The molecule has 1 saturated carbocycles. The lowest BCUT2D eigenvalue weighted by Crippen LogP contribution is -2.44. The highest BCUT2D eigenvalue weighted by Gasteiger charge is 2.40. The van der Waals surface area contributed by atoms with Crippen molar-refractivity contribution in [3.63, 3.8) is 0 Å². The second-order valence-corrected chi connectivity index (χ2v) is 45.7. The summed E-state index contributed by atoms with van der Waals surface area (Å²) in [6.07, 6.45) is 26.1. The molecular formula is C96H130N30O12S4. The number of ether oxygens (including phenoxy) is 4. The zero-order valence-corrected chi connectivity index (χ0v) is 85.3. The van der Waals surface area contributed by atoms with Gasteiger partial charge in [-0.25, -0.2) is 39.9 Å². The van der Waals surface area contributed by atoms with E-state index in [2.05, 4.69) is 81.2 Å². The van der Waals surface area contributed by atoms with Crippen LogP contribution >= 0.6 is 0 Å². The maximum atomic E-state index is 13.2. The number of amides is 3. The Balaban J connectivity index is 0.000000112. The summed E-state index contributed by atoms with van der Waals surface area (Å²) in [4.78, 5) is 129. The lowest BCUT2D eigenvalue weighted by Gasteiger charge is -2.34. The van der Waals surface area contributed by atoms with Gasteiger partial charge < -0.3 is 97.7 Å². The highest BCUT2D eigenvalue weighted by molar-refractivity contribution is 7.86. The van der Waals surface area contributed by atoms with E-state index in [1.807, 2.05) is 79.2 Å². The van der Waals surface area contributed by atoms with E-state index in [4.69, 9.17) is 73.8 Å². The summed E-state index contributed by atoms with van der Waals surface area (Å²) >= 11 is 0. The molecule has 15 aliphatic rings. The van der Waals surface area contributed by atoms with Crippen LogP contribution < -0.4 is 40.9 Å². The standard InChI is InChI=1S/C26H34N8O3S.C25H36N8O3S.C23H31N7O3S.C22H29N7O3S/c1-16-19(17(2)32(3)31-16)4-5-22(35)21-14-33-9-10-34(15-23(33)28-21)26-29-20-8-13-38(36)24(20)25(30-26)27-18-6-11-37-12-7-18;1-30-8-3-18(4-9-30)31(2)24(34)20-15-32-10-11-33(16-21(32)27-20)25-28-19-7-14-37(35)22(19)23(29-25)26-17-5-12-36-13-6-17;31-22(28-7-2-1-3-8-28)18-14-29-9-10-30(15-19(29)25-18)23-26-17-6-13-34(32)20(17)21(27-23)24-16-4-11-33-12-5-16;1-27(15-2-3-15)21(30)17-12-28-7-8-29(13-18(28)24-17)22-25-16-6-11-33(31)19(16)20(26-22)23-14-4-9-32-10-5-14/h14,18H,4-13,15H2,1-3H3,(H,27,29,30);15,17-18H,3-14,16H2,1-2H3,(H,26,28,29);14,16H,1-13,15H2,(H,24,26,27);12,14-15H,2-11,13H2,1H3,(H,23,25,26). The molecule has 4 atom stereocenters. The first-order valence-corrected chi connectivity index (χ1v) is 56.2. The van der Waals surface area contributed by atoms with Crippen LogP contribution in [0.4, 0.5) is 47.1 Å². The summed E-state index contributed by atoms with van der Waals surface area (Å²) in [5, 5.41) is 18.6. The molecule has 3 amide bonds. The fraction of sp³-hybridized carbons (Fsp3) is 0.635. The van der Waals surface area contributed by atoms with Gasteiger partial charge >= 0.3 is 0 Å². The normalized spacial score (nSPS) is 22.0. The zero-order valence-electron chi connectivity index (χ0n) is 82.1. The van der Waals surface area contributed by atoms with Crippen molar-refractivity contribution in [2.24, 2.45) is 7.05 Å². The van der Waals surface area contributed by atoms with Gasteiger partial charge in [-0.2, -0.15) is 25.0 Å². The van der Waals surface area contributed by atoms with Crippen LogP contribution in [-0.4, -0.2) is 333 Å². The van der Waals surface area contributed by atoms with Crippen LogP contribution in [0, 0.1) is 13.8 Å². The molecule has 142 heavy (non-hydrogen) atoms. The number of fused-ring (bicyclic) bond motifs is 8. The fourth-order valence-electron chi connectivity index (χ4n) is 21.3. The van der Waals surface area contributed by atoms with Crippen molar-refractivity contribution in [1.82, 2.24) is 107 Å². The molecule has 46 heteroatoms. The number of hydrogen-bond donors (Lipinski definition) is 4. The first-order chi connectivity index (χ1) is 69.0. The molecular weight excluding hydrogens is 1890 g/mol. The Hall–Kier alpha value is -10.7. The second kappa shape index (κ2) is 42.9. The third-order valence-electron chi connectivity index (χ3n) is 30.1. The molecule has 760 valence electrons. The third-order valence-corrected chi connectivity index (χ3v) is 35.9. The van der Waals surface area contributed by atoms with Crippen LogP contribution in [0.25, 0.3) is 0 Å². The summed E-state index contributed by atoms with van der Waals surface area (Å²) in [5.74, 6) is 11.2. The number of anilines is 8. The molecule has 24 rings (SSSR count). The molecule has 4 unspecified atom stereocenters. The van der Waals surface area contributed by atoms with E-state index in [1.54, 1.807) is 0 Å². The summed E-state index contributed by atoms with van der Waals surface area (Å²) in [6, 6.07) is 1.66. The SMILES string of the molecule is CN(C(=O)c1cn2c(n1)CN(c1nc3c(c(NC4CCOCC4)n1)S(=O)CC3)CC2)C1CC1.CN1CCC(N(C)C(=O)c2cn3c(n2)CN(c2nc4c(c(NC5CCOCC5)n2)S(=O)CC4)CC3)CC1.Cc1nn(C)c(C)c1CCC(=O)c1cn2c(n1)CN(c1nc3c(c(NC4CCOCC4)n1)S(=O)CC3)CC2.O=C(c1cn2c(n1)CN(c1nc3c(c(NC4CCOCC4)n1)S(=O)CC3)CC2)N1CCCCC1. The van der Waals surface area contributed by atoms with E-state index in [1.165, 1.54) is 6.42 Å². The first kappa shape index (κ1) is 97.3. The van der Waals surface area contributed by atoms with Crippen molar-refractivity contribution in [3.8, 4) is 0 Å². The van der Waals surface area contributed by atoms with Gasteiger partial charge in [-0.15, -0.1) is 0 Å². The smallest absolute Gasteiger partial charge is 0.274 e. The van der Waals surface area contributed by atoms with E-state index in [0.717, 1.165) is 284 Å². The zero-order chi connectivity index (χ0) is 97.5. The van der Waals surface area contributed by atoms with Crippen molar-refractivity contribution in [2.75, 3.05) is 190 Å². The monoisotopic (exact) mass is 2020 g/mol. The molecule has 4 N–H and O–H groups in total. The molecule has 0 radical (unpaired) electrons. The van der Waals surface area contributed by atoms with Gasteiger partial charge in [-0.3, -0.25) is 40.7 Å². The van der Waals surface area contributed by atoms with Crippen molar-refractivity contribution in [3.05, 3.63) is 111 Å². The van der Waals surface area contributed by atoms with Gasteiger partial charge in [-0.05, 0) is 142 Å². The lowest BCUT2D eigenvalue weighted by atomic mass is 10.0. The number of hydrogen-bond acceptors (Lipinski definition) is 34. The predicted molar refractivity (Wildman–Crippen MR) is 534 cm³/mol. The molecule has 0 bridgehead atoms. The number of nitrogens with zero attached hydrogens (tertiary/aromatic N) is 26. The van der Waals surface area contributed by atoms with Crippen molar-refractivity contribution >= 4 is 114 Å². The van der Waals surface area contributed by atoms with E-state index in [-0.39, 0.29) is 53.7 Å². The Kier molecular flexibility index (Phi) is 29.4. The Morgan fingerprint density at radius 1 is 0.380 bits per heavy atom. The number of rotatable bonds is 21. The highest BCUT2D eigenvalue weighted by atomic mass is 32.2. The van der Waals surface area contributed by atoms with Gasteiger partial charge in [0.15, 0.2) is 5.78 Å². The number of aromatic nitrogens is 18. The lowest BCUT2D eigenvalue weighted by molar-refractivity contribution is 0.0652. The Labute approximate surface area is 835 Å². The van der Waals surface area contributed by atoms with Gasteiger partial charge in [0, 0.05) is 261 Å². The molecule has 6 saturated heterocycles. The molecule has 0 aromatic carbocycles. The molecule has 1 aliphatic carbocycles. The number of carbonyl (C=O) groups is 4. The number of imidazole rings is 4. The number of likely N-dealkylation sites (tertiary alicyclic amines) is 2.